The molecule has 6 nitrogen and oxygen atoms in total. The van der Waals surface area contributed by atoms with Gasteiger partial charge in [0.25, 0.3) is 5.91 Å². The first-order valence-corrected chi connectivity index (χ1v) is 5.54. The van der Waals surface area contributed by atoms with Gasteiger partial charge in [-0.2, -0.15) is 12.6 Å². The fraction of sp³-hybridized carbons (Fsp3) is 0.200. The second-order valence-corrected chi connectivity index (χ2v) is 3.79. The largest absolute Gasteiger partial charge is 0.373 e. The molecule has 2 amide bonds. The van der Waals surface area contributed by atoms with E-state index in [1.165, 1.54) is 0 Å². The molecule has 4 N–H and O–H groups in total. The van der Waals surface area contributed by atoms with Crippen molar-refractivity contribution in [1.82, 2.24) is 10.9 Å². The molecule has 0 bridgehead atoms. The highest BCUT2D eigenvalue weighted by Gasteiger charge is 2.26. The van der Waals surface area contributed by atoms with E-state index in [0.29, 0.717) is 11.3 Å². The smallest absolute Gasteiger partial charge is 0.268 e. The predicted octanol–water partition coefficient (Wildman–Crippen LogP) is -0.206. The summed E-state index contributed by atoms with van der Waals surface area (Å²) in [5.41, 5.74) is 5.76. The number of fused-ring (bicyclic) bond motifs is 1. The lowest BCUT2D eigenvalue weighted by Gasteiger charge is -2.24. The van der Waals surface area contributed by atoms with Crippen LogP contribution in [0.1, 0.15) is 22.1 Å². The Morgan fingerprint density at radius 3 is 3.00 bits per heavy atom. The second kappa shape index (κ2) is 4.74. The van der Waals surface area contributed by atoms with Crippen LogP contribution in [0.2, 0.25) is 0 Å². The minimum atomic E-state index is -0.990. The van der Waals surface area contributed by atoms with Gasteiger partial charge in [-0.1, -0.05) is 12.1 Å². The Labute approximate surface area is 103 Å². The normalized spacial score (nSPS) is 18.2. The number of amides is 2. The van der Waals surface area contributed by atoms with Gasteiger partial charge in [0, 0.05) is 5.56 Å². The summed E-state index contributed by atoms with van der Waals surface area (Å²) in [7, 11) is 0. The van der Waals surface area contributed by atoms with Gasteiger partial charge in [-0.3, -0.25) is 15.0 Å². The van der Waals surface area contributed by atoms with Crippen molar-refractivity contribution in [3.05, 3.63) is 29.3 Å². The van der Waals surface area contributed by atoms with Crippen LogP contribution >= 0.6 is 12.6 Å². The average molecular weight is 253 g/mol. The molecule has 0 fully saturated rings. The average Bonchev–Trinajstić information content (AvgIpc) is 2.34. The van der Waals surface area contributed by atoms with Gasteiger partial charge in [0.2, 0.25) is 5.91 Å². The van der Waals surface area contributed by atoms with E-state index in [1.807, 2.05) is 0 Å². The first kappa shape index (κ1) is 11.9. The van der Waals surface area contributed by atoms with Crippen molar-refractivity contribution in [3.8, 4) is 0 Å². The number of thiol groups is 1. The Kier molecular flexibility index (Phi) is 3.32. The van der Waals surface area contributed by atoms with E-state index in [-0.39, 0.29) is 17.2 Å². The summed E-state index contributed by atoms with van der Waals surface area (Å²) in [6.45, 7) is 0. The number of aliphatic hydroxyl groups excluding tert-OH is 1. The summed E-state index contributed by atoms with van der Waals surface area (Å²) >= 11 is 3.84. The van der Waals surface area contributed by atoms with Crippen LogP contribution in [-0.2, 0) is 4.79 Å². The monoisotopic (exact) mass is 253 g/mol. The molecule has 90 valence electrons. The minimum Gasteiger partial charge on any atom is -0.373 e. The molecule has 1 aromatic carbocycles. The Hall–Kier alpha value is -1.57. The van der Waals surface area contributed by atoms with Gasteiger partial charge in [-0.25, -0.2) is 5.43 Å². The molecule has 1 unspecified atom stereocenters. The fourth-order valence-corrected chi connectivity index (χ4v) is 1.70. The van der Waals surface area contributed by atoms with Crippen LogP contribution in [0.25, 0.3) is 0 Å². The maximum absolute atomic E-state index is 11.7. The lowest BCUT2D eigenvalue weighted by Crippen LogP contribution is -2.45. The lowest BCUT2D eigenvalue weighted by molar-refractivity contribution is -0.113. The van der Waals surface area contributed by atoms with Crippen molar-refractivity contribution < 1.29 is 14.7 Å². The van der Waals surface area contributed by atoms with E-state index in [0.717, 1.165) is 0 Å². The molecule has 1 heterocycles. The van der Waals surface area contributed by atoms with Crippen LogP contribution in [0.5, 0.6) is 0 Å². The molecule has 0 spiro atoms. The Morgan fingerprint density at radius 1 is 1.53 bits per heavy atom. The summed E-state index contributed by atoms with van der Waals surface area (Å²) in [5, 5.41) is 12.2. The van der Waals surface area contributed by atoms with Crippen LogP contribution in [0.4, 0.5) is 5.69 Å². The summed E-state index contributed by atoms with van der Waals surface area (Å²) < 4.78 is 0. The third kappa shape index (κ3) is 2.26. The standard InChI is InChI=1S/C10H11N3O3S/c14-7(4-17)11-6-3-1-2-5-8(6)10(16)13-12-9(5)15/h1-3,9,12,15,17H,4H2,(H,11,14)(H,13,16). The van der Waals surface area contributed by atoms with Crippen LogP contribution in [0.15, 0.2) is 18.2 Å². The van der Waals surface area contributed by atoms with E-state index >= 15 is 0 Å². The number of carbonyl (C=O) groups is 2. The number of aliphatic hydroxyl groups is 1. The summed E-state index contributed by atoms with van der Waals surface area (Å²) in [5.74, 6) is -0.700. The second-order valence-electron chi connectivity index (χ2n) is 3.48. The Balaban J connectivity index is 2.44. The van der Waals surface area contributed by atoms with Gasteiger partial charge >= 0.3 is 0 Å². The Morgan fingerprint density at radius 2 is 2.29 bits per heavy atom. The highest BCUT2D eigenvalue weighted by molar-refractivity contribution is 7.81. The zero-order valence-corrected chi connectivity index (χ0v) is 9.62. The van der Waals surface area contributed by atoms with E-state index in [1.54, 1.807) is 18.2 Å². The highest BCUT2D eigenvalue weighted by Crippen LogP contribution is 2.26. The van der Waals surface area contributed by atoms with E-state index in [9.17, 15) is 14.7 Å². The molecule has 0 radical (unpaired) electrons. The molecule has 0 aromatic heterocycles. The van der Waals surface area contributed by atoms with Crippen molar-refractivity contribution in [2.24, 2.45) is 0 Å². The van der Waals surface area contributed by atoms with Crippen molar-refractivity contribution in [3.63, 3.8) is 0 Å². The SMILES string of the molecule is O=C(CS)Nc1cccc2c1C(=O)NNC2O. The third-order valence-electron chi connectivity index (χ3n) is 2.36. The van der Waals surface area contributed by atoms with Gasteiger partial charge in [0.05, 0.1) is 17.0 Å². The molecule has 0 saturated carbocycles. The number of hydrazine groups is 1. The molecular formula is C10H11N3O3S. The summed E-state index contributed by atoms with van der Waals surface area (Å²) in [4.78, 5) is 22.9. The zero-order valence-electron chi connectivity index (χ0n) is 8.73. The molecule has 17 heavy (non-hydrogen) atoms. The van der Waals surface area contributed by atoms with Crippen molar-refractivity contribution >= 4 is 30.1 Å². The number of hydrogen-bond acceptors (Lipinski definition) is 5. The number of rotatable bonds is 2. The predicted molar refractivity (Wildman–Crippen MR) is 64.5 cm³/mol. The summed E-state index contributed by atoms with van der Waals surface area (Å²) in [6.07, 6.45) is -0.990. The van der Waals surface area contributed by atoms with Crippen LogP contribution in [-0.4, -0.2) is 22.7 Å². The summed E-state index contributed by atoms with van der Waals surface area (Å²) in [6, 6.07) is 4.86. The molecule has 1 aliphatic rings. The van der Waals surface area contributed by atoms with Gasteiger partial charge in [-0.15, -0.1) is 0 Å². The van der Waals surface area contributed by atoms with E-state index in [4.69, 9.17) is 0 Å². The first-order valence-electron chi connectivity index (χ1n) is 4.91. The highest BCUT2D eigenvalue weighted by atomic mass is 32.1. The topological polar surface area (TPSA) is 90.5 Å². The number of hydrogen-bond donors (Lipinski definition) is 5. The number of benzene rings is 1. The maximum Gasteiger partial charge on any atom is 0.268 e. The minimum absolute atomic E-state index is 0.0199. The molecular weight excluding hydrogens is 242 g/mol. The van der Waals surface area contributed by atoms with Gasteiger partial charge < -0.3 is 10.4 Å². The van der Waals surface area contributed by atoms with Crippen LogP contribution in [0.3, 0.4) is 0 Å². The Bertz CT molecular complexity index is 478. The van der Waals surface area contributed by atoms with E-state index in [2.05, 4.69) is 28.8 Å². The third-order valence-corrected chi connectivity index (χ3v) is 2.65. The molecule has 7 heteroatoms. The van der Waals surface area contributed by atoms with E-state index < -0.39 is 12.1 Å². The number of carbonyl (C=O) groups excluding carboxylic acids is 2. The molecule has 1 aromatic rings. The molecule has 0 saturated heterocycles. The molecule has 1 atom stereocenters. The number of anilines is 1. The number of nitrogens with one attached hydrogen (secondary N) is 3. The van der Waals surface area contributed by atoms with Gasteiger partial charge in [0.15, 0.2) is 0 Å². The van der Waals surface area contributed by atoms with Crippen LogP contribution < -0.4 is 16.2 Å². The van der Waals surface area contributed by atoms with Crippen molar-refractivity contribution in [2.75, 3.05) is 11.1 Å². The maximum atomic E-state index is 11.7. The van der Waals surface area contributed by atoms with Gasteiger partial charge in [0.1, 0.15) is 6.23 Å². The quantitative estimate of drug-likeness (QED) is 0.472. The molecule has 1 aliphatic heterocycles. The first-order chi connectivity index (χ1) is 8.13. The van der Waals surface area contributed by atoms with Crippen molar-refractivity contribution in [1.29, 1.82) is 0 Å². The lowest BCUT2D eigenvalue weighted by atomic mass is 10.0. The fourth-order valence-electron chi connectivity index (χ4n) is 1.62. The van der Waals surface area contributed by atoms with Crippen molar-refractivity contribution in [2.45, 2.75) is 6.23 Å². The molecule has 0 aliphatic carbocycles. The zero-order chi connectivity index (χ0) is 12.4. The van der Waals surface area contributed by atoms with Gasteiger partial charge in [-0.05, 0) is 6.07 Å². The molecule has 2 rings (SSSR count). The van der Waals surface area contributed by atoms with Crippen LogP contribution in [0, 0.1) is 0 Å².